The number of pyridine rings is 1. The van der Waals surface area contributed by atoms with Crippen molar-refractivity contribution in [2.24, 2.45) is 0 Å². The third-order valence-electron chi connectivity index (χ3n) is 3.29. The average Bonchev–Trinajstić information content (AvgIpc) is 2.53. The van der Waals surface area contributed by atoms with Crippen molar-refractivity contribution in [2.45, 2.75) is 26.5 Å². The lowest BCUT2D eigenvalue weighted by molar-refractivity contribution is 0.292. The number of nitrogens with zero attached hydrogens (tertiary/aromatic N) is 1. The second-order valence-corrected chi connectivity index (χ2v) is 4.85. The second-order valence-electron chi connectivity index (χ2n) is 4.85. The van der Waals surface area contributed by atoms with Gasteiger partial charge in [0, 0.05) is 18.3 Å². The van der Waals surface area contributed by atoms with Crippen molar-refractivity contribution in [2.75, 3.05) is 13.7 Å². The lowest BCUT2D eigenvalue weighted by Gasteiger charge is -2.13. The molecule has 1 atom stereocenters. The van der Waals surface area contributed by atoms with Crippen molar-refractivity contribution in [3.05, 3.63) is 53.7 Å². The van der Waals surface area contributed by atoms with E-state index in [1.165, 1.54) is 5.56 Å². The van der Waals surface area contributed by atoms with Gasteiger partial charge in [-0.05, 0) is 42.8 Å². The highest BCUT2D eigenvalue weighted by Crippen LogP contribution is 2.18. The molecule has 0 aliphatic carbocycles. The summed E-state index contributed by atoms with van der Waals surface area (Å²) in [6.45, 7) is 5.63. The zero-order valence-electron chi connectivity index (χ0n) is 12.8. The molecule has 2 aromatic rings. The summed E-state index contributed by atoms with van der Waals surface area (Å²) in [4.78, 5) is 4.26. The number of benzene rings is 1. The standard InChI is InChI=1S/C17H22N2O2/c1-4-18-13(2)15-8-9-19-17(11-15)21-12-14-6-5-7-16(10-14)20-3/h5-11,13,18H,4,12H2,1-3H3. The van der Waals surface area contributed by atoms with Crippen LogP contribution in [0.25, 0.3) is 0 Å². The zero-order valence-corrected chi connectivity index (χ0v) is 12.8. The molecule has 0 amide bonds. The number of methoxy groups -OCH3 is 1. The van der Waals surface area contributed by atoms with Gasteiger partial charge in [0.1, 0.15) is 12.4 Å². The van der Waals surface area contributed by atoms with E-state index in [0.29, 0.717) is 12.5 Å². The highest BCUT2D eigenvalue weighted by atomic mass is 16.5. The molecule has 112 valence electrons. The Kier molecular flexibility index (Phi) is 5.58. The number of nitrogens with one attached hydrogen (secondary N) is 1. The fraction of sp³-hybridized carbons (Fsp3) is 0.353. The minimum atomic E-state index is 0.289. The second kappa shape index (κ2) is 7.64. The number of ether oxygens (including phenoxy) is 2. The van der Waals surface area contributed by atoms with Gasteiger partial charge in [0.05, 0.1) is 7.11 Å². The first-order valence-electron chi connectivity index (χ1n) is 7.18. The number of aromatic nitrogens is 1. The molecular formula is C17H22N2O2. The van der Waals surface area contributed by atoms with Crippen molar-refractivity contribution >= 4 is 0 Å². The summed E-state index contributed by atoms with van der Waals surface area (Å²) in [6.07, 6.45) is 1.78. The maximum atomic E-state index is 5.77. The quantitative estimate of drug-likeness (QED) is 0.847. The fourth-order valence-electron chi connectivity index (χ4n) is 2.12. The van der Waals surface area contributed by atoms with Crippen molar-refractivity contribution in [3.8, 4) is 11.6 Å². The van der Waals surface area contributed by atoms with Gasteiger partial charge in [0.15, 0.2) is 0 Å². The smallest absolute Gasteiger partial charge is 0.213 e. The van der Waals surface area contributed by atoms with Crippen LogP contribution in [0.5, 0.6) is 11.6 Å². The van der Waals surface area contributed by atoms with E-state index in [1.54, 1.807) is 13.3 Å². The maximum Gasteiger partial charge on any atom is 0.213 e. The summed E-state index contributed by atoms with van der Waals surface area (Å²) >= 11 is 0. The highest BCUT2D eigenvalue weighted by molar-refractivity contribution is 5.29. The van der Waals surface area contributed by atoms with E-state index in [4.69, 9.17) is 9.47 Å². The van der Waals surface area contributed by atoms with Gasteiger partial charge in [-0.3, -0.25) is 0 Å². The monoisotopic (exact) mass is 286 g/mol. The molecule has 1 unspecified atom stereocenters. The van der Waals surface area contributed by atoms with Crippen molar-refractivity contribution in [1.29, 1.82) is 0 Å². The summed E-state index contributed by atoms with van der Waals surface area (Å²) < 4.78 is 11.0. The van der Waals surface area contributed by atoms with E-state index < -0.39 is 0 Å². The average molecular weight is 286 g/mol. The number of rotatable bonds is 7. The highest BCUT2D eigenvalue weighted by Gasteiger charge is 2.06. The molecule has 0 fully saturated rings. The summed E-state index contributed by atoms with van der Waals surface area (Å²) in [5.41, 5.74) is 2.23. The van der Waals surface area contributed by atoms with Crippen LogP contribution in [0.4, 0.5) is 0 Å². The Bertz CT molecular complexity index is 572. The van der Waals surface area contributed by atoms with E-state index in [9.17, 15) is 0 Å². The van der Waals surface area contributed by atoms with Crippen LogP contribution in [0.15, 0.2) is 42.6 Å². The molecule has 4 heteroatoms. The van der Waals surface area contributed by atoms with Gasteiger partial charge in [0.25, 0.3) is 0 Å². The Morgan fingerprint density at radius 3 is 2.86 bits per heavy atom. The van der Waals surface area contributed by atoms with Crippen LogP contribution in [-0.4, -0.2) is 18.6 Å². The van der Waals surface area contributed by atoms with Crippen molar-refractivity contribution in [3.63, 3.8) is 0 Å². The van der Waals surface area contributed by atoms with Gasteiger partial charge in [0.2, 0.25) is 5.88 Å². The van der Waals surface area contributed by atoms with Crippen LogP contribution in [0.3, 0.4) is 0 Å². The molecule has 1 aromatic heterocycles. The van der Waals surface area contributed by atoms with Crippen LogP contribution in [-0.2, 0) is 6.61 Å². The first kappa shape index (κ1) is 15.3. The minimum Gasteiger partial charge on any atom is -0.497 e. The SMILES string of the molecule is CCNC(C)c1ccnc(OCc2cccc(OC)c2)c1. The molecule has 4 nitrogen and oxygen atoms in total. The van der Waals surface area contributed by atoms with Crippen LogP contribution < -0.4 is 14.8 Å². The first-order valence-corrected chi connectivity index (χ1v) is 7.18. The van der Waals surface area contributed by atoms with Gasteiger partial charge in [-0.25, -0.2) is 4.98 Å². The topological polar surface area (TPSA) is 43.4 Å². The molecule has 1 aromatic carbocycles. The largest absolute Gasteiger partial charge is 0.497 e. The Morgan fingerprint density at radius 1 is 1.24 bits per heavy atom. The van der Waals surface area contributed by atoms with E-state index in [1.807, 2.05) is 36.4 Å². The molecule has 0 saturated carbocycles. The lowest BCUT2D eigenvalue weighted by Crippen LogP contribution is -2.17. The van der Waals surface area contributed by atoms with E-state index in [-0.39, 0.29) is 6.04 Å². The molecule has 0 spiro atoms. The Morgan fingerprint density at radius 2 is 2.10 bits per heavy atom. The lowest BCUT2D eigenvalue weighted by atomic mass is 10.1. The van der Waals surface area contributed by atoms with E-state index in [0.717, 1.165) is 17.9 Å². The predicted octanol–water partition coefficient (Wildman–Crippen LogP) is 3.34. The summed E-state index contributed by atoms with van der Waals surface area (Å²) in [5.74, 6) is 1.47. The molecule has 2 rings (SSSR count). The van der Waals surface area contributed by atoms with Gasteiger partial charge in [-0.2, -0.15) is 0 Å². The molecule has 1 N–H and O–H groups in total. The van der Waals surface area contributed by atoms with Gasteiger partial charge in [-0.15, -0.1) is 0 Å². The molecule has 0 radical (unpaired) electrons. The van der Waals surface area contributed by atoms with Crippen LogP contribution in [0.2, 0.25) is 0 Å². The summed E-state index contributed by atoms with van der Waals surface area (Å²) in [6, 6.07) is 12.1. The van der Waals surface area contributed by atoms with Gasteiger partial charge < -0.3 is 14.8 Å². The molecular weight excluding hydrogens is 264 g/mol. The third-order valence-corrected chi connectivity index (χ3v) is 3.29. The molecule has 0 bridgehead atoms. The van der Waals surface area contributed by atoms with Gasteiger partial charge >= 0.3 is 0 Å². The number of hydrogen-bond acceptors (Lipinski definition) is 4. The summed E-state index contributed by atoms with van der Waals surface area (Å²) in [7, 11) is 1.66. The minimum absolute atomic E-state index is 0.289. The Balaban J connectivity index is 2.01. The number of hydrogen-bond donors (Lipinski definition) is 1. The third kappa shape index (κ3) is 4.46. The van der Waals surface area contributed by atoms with Crippen LogP contribution >= 0.6 is 0 Å². The Hall–Kier alpha value is -2.07. The van der Waals surface area contributed by atoms with E-state index in [2.05, 4.69) is 24.1 Å². The predicted molar refractivity (Wildman–Crippen MR) is 83.7 cm³/mol. The zero-order chi connectivity index (χ0) is 15.1. The molecule has 0 aliphatic rings. The molecule has 1 heterocycles. The molecule has 0 aliphatic heterocycles. The van der Waals surface area contributed by atoms with Crippen LogP contribution in [0, 0.1) is 0 Å². The molecule has 0 saturated heterocycles. The van der Waals surface area contributed by atoms with Gasteiger partial charge in [-0.1, -0.05) is 19.1 Å². The van der Waals surface area contributed by atoms with Crippen molar-refractivity contribution < 1.29 is 9.47 Å². The van der Waals surface area contributed by atoms with Crippen LogP contribution in [0.1, 0.15) is 31.0 Å². The van der Waals surface area contributed by atoms with Crippen molar-refractivity contribution in [1.82, 2.24) is 10.3 Å². The molecule has 21 heavy (non-hydrogen) atoms. The summed E-state index contributed by atoms with van der Waals surface area (Å²) in [5, 5.41) is 3.38. The first-order chi connectivity index (χ1) is 10.2. The van der Waals surface area contributed by atoms with E-state index >= 15 is 0 Å². The normalized spacial score (nSPS) is 12.0. The fourth-order valence-corrected chi connectivity index (χ4v) is 2.12. The maximum absolute atomic E-state index is 5.77. The Labute approximate surface area is 126 Å².